The molecule has 1 saturated heterocycles. The van der Waals surface area contributed by atoms with Crippen LogP contribution in [0.5, 0.6) is 5.75 Å². The number of aromatic nitrogens is 1. The summed E-state index contributed by atoms with van der Waals surface area (Å²) < 4.78 is 5.68. The van der Waals surface area contributed by atoms with Crippen molar-refractivity contribution in [1.29, 1.82) is 0 Å². The molecule has 1 aliphatic rings. The standard InChI is InChI=1S/C22H23N3O3S2/c1-2-28-18-7-4-3-6-16(18)17-14-30-22(23-17)24-20(26)15-9-11-25(12-10-15)21(27)19-8-5-13-29-19/h3-8,13-15H,2,9-12H2,1H3,(H,23,24,26). The van der Waals surface area contributed by atoms with E-state index in [0.29, 0.717) is 37.7 Å². The van der Waals surface area contributed by atoms with Gasteiger partial charge >= 0.3 is 0 Å². The second kappa shape index (κ2) is 9.40. The number of amides is 2. The molecule has 1 aliphatic heterocycles. The summed E-state index contributed by atoms with van der Waals surface area (Å²) in [5.41, 5.74) is 1.70. The lowest BCUT2D eigenvalue weighted by atomic mass is 9.96. The number of nitrogens with zero attached hydrogens (tertiary/aromatic N) is 2. The maximum absolute atomic E-state index is 12.7. The fourth-order valence-electron chi connectivity index (χ4n) is 3.52. The number of para-hydroxylation sites is 1. The molecule has 156 valence electrons. The van der Waals surface area contributed by atoms with Crippen molar-refractivity contribution in [2.45, 2.75) is 19.8 Å². The van der Waals surface area contributed by atoms with E-state index >= 15 is 0 Å². The van der Waals surface area contributed by atoms with E-state index in [9.17, 15) is 9.59 Å². The smallest absolute Gasteiger partial charge is 0.263 e. The lowest BCUT2D eigenvalue weighted by molar-refractivity contribution is -0.121. The lowest BCUT2D eigenvalue weighted by Crippen LogP contribution is -2.41. The number of likely N-dealkylation sites (tertiary alicyclic amines) is 1. The first kappa shape index (κ1) is 20.6. The molecule has 2 aromatic heterocycles. The van der Waals surface area contributed by atoms with E-state index in [0.717, 1.165) is 21.9 Å². The van der Waals surface area contributed by atoms with Crippen LogP contribution in [0.25, 0.3) is 11.3 Å². The number of ether oxygens (including phenoxy) is 1. The molecule has 6 nitrogen and oxygen atoms in total. The molecule has 0 aliphatic carbocycles. The molecule has 1 aromatic carbocycles. The van der Waals surface area contributed by atoms with E-state index in [1.165, 1.54) is 22.7 Å². The van der Waals surface area contributed by atoms with Crippen molar-refractivity contribution in [3.8, 4) is 17.0 Å². The summed E-state index contributed by atoms with van der Waals surface area (Å²) in [5.74, 6) is 0.699. The third-order valence-corrected chi connectivity index (χ3v) is 6.70. The fraction of sp³-hybridized carbons (Fsp3) is 0.318. The zero-order chi connectivity index (χ0) is 20.9. The quantitative estimate of drug-likeness (QED) is 0.599. The summed E-state index contributed by atoms with van der Waals surface area (Å²) >= 11 is 2.86. The van der Waals surface area contributed by atoms with Crippen molar-refractivity contribution in [2.24, 2.45) is 5.92 Å². The Kier molecular flexibility index (Phi) is 6.44. The molecular weight excluding hydrogens is 418 g/mol. The normalized spacial score (nSPS) is 14.5. The monoisotopic (exact) mass is 441 g/mol. The van der Waals surface area contributed by atoms with Gasteiger partial charge in [0.15, 0.2) is 5.13 Å². The van der Waals surface area contributed by atoms with Crippen LogP contribution >= 0.6 is 22.7 Å². The highest BCUT2D eigenvalue weighted by Crippen LogP contribution is 2.32. The number of benzene rings is 1. The summed E-state index contributed by atoms with van der Waals surface area (Å²) in [5, 5.41) is 7.36. The maximum atomic E-state index is 12.7. The van der Waals surface area contributed by atoms with Gasteiger partial charge in [-0.25, -0.2) is 4.98 Å². The van der Waals surface area contributed by atoms with Crippen LogP contribution in [0.3, 0.4) is 0 Å². The Morgan fingerprint density at radius 3 is 2.70 bits per heavy atom. The zero-order valence-corrected chi connectivity index (χ0v) is 18.3. The zero-order valence-electron chi connectivity index (χ0n) is 16.7. The number of anilines is 1. The van der Waals surface area contributed by atoms with Gasteiger partial charge < -0.3 is 15.0 Å². The molecular formula is C22H23N3O3S2. The van der Waals surface area contributed by atoms with Gasteiger partial charge in [0.05, 0.1) is 17.2 Å². The summed E-state index contributed by atoms with van der Waals surface area (Å²) in [6.07, 6.45) is 1.32. The highest BCUT2D eigenvalue weighted by atomic mass is 32.1. The average molecular weight is 442 g/mol. The second-order valence-electron chi connectivity index (χ2n) is 7.00. The number of hydrogen-bond donors (Lipinski definition) is 1. The van der Waals surface area contributed by atoms with Gasteiger partial charge in [-0.05, 0) is 43.3 Å². The van der Waals surface area contributed by atoms with Gasteiger partial charge in [0, 0.05) is 30.0 Å². The van der Waals surface area contributed by atoms with Gasteiger partial charge in [-0.1, -0.05) is 18.2 Å². The largest absolute Gasteiger partial charge is 0.493 e. The first-order valence-electron chi connectivity index (χ1n) is 9.97. The fourth-order valence-corrected chi connectivity index (χ4v) is 4.93. The molecule has 3 heterocycles. The molecule has 3 aromatic rings. The minimum Gasteiger partial charge on any atom is -0.493 e. The Labute approximate surface area is 183 Å². The van der Waals surface area contributed by atoms with Crippen LogP contribution in [0, 0.1) is 5.92 Å². The Morgan fingerprint density at radius 2 is 1.97 bits per heavy atom. The minimum atomic E-state index is -0.111. The van der Waals surface area contributed by atoms with Crippen molar-refractivity contribution in [1.82, 2.24) is 9.88 Å². The number of carbonyl (C=O) groups is 2. The van der Waals surface area contributed by atoms with Crippen molar-refractivity contribution >= 4 is 39.6 Å². The average Bonchev–Trinajstić information content (AvgIpc) is 3.46. The van der Waals surface area contributed by atoms with Gasteiger partial charge in [-0.2, -0.15) is 0 Å². The van der Waals surface area contributed by atoms with E-state index in [1.54, 1.807) is 0 Å². The minimum absolute atomic E-state index is 0.0304. The summed E-state index contributed by atoms with van der Waals surface area (Å²) in [7, 11) is 0. The first-order chi connectivity index (χ1) is 14.7. The predicted octanol–water partition coefficient (Wildman–Crippen LogP) is 4.76. The lowest BCUT2D eigenvalue weighted by Gasteiger charge is -2.30. The van der Waals surface area contributed by atoms with Crippen LogP contribution in [-0.2, 0) is 4.79 Å². The van der Waals surface area contributed by atoms with Gasteiger partial charge in [0.1, 0.15) is 5.75 Å². The predicted molar refractivity (Wildman–Crippen MR) is 120 cm³/mol. The topological polar surface area (TPSA) is 71.5 Å². The number of rotatable bonds is 6. The number of thiazole rings is 1. The van der Waals surface area contributed by atoms with Crippen LogP contribution < -0.4 is 10.1 Å². The number of nitrogens with one attached hydrogen (secondary N) is 1. The number of thiophene rings is 1. The Hall–Kier alpha value is -2.71. The van der Waals surface area contributed by atoms with Crippen LogP contribution in [0.15, 0.2) is 47.2 Å². The highest BCUT2D eigenvalue weighted by molar-refractivity contribution is 7.14. The third kappa shape index (κ3) is 4.55. The molecule has 0 atom stereocenters. The Morgan fingerprint density at radius 1 is 1.17 bits per heavy atom. The highest BCUT2D eigenvalue weighted by Gasteiger charge is 2.28. The van der Waals surface area contributed by atoms with E-state index in [1.807, 2.05) is 59.0 Å². The molecule has 0 radical (unpaired) electrons. The van der Waals surface area contributed by atoms with Crippen molar-refractivity contribution < 1.29 is 14.3 Å². The van der Waals surface area contributed by atoms with Gasteiger partial charge in [-0.3, -0.25) is 9.59 Å². The molecule has 0 bridgehead atoms. The van der Waals surface area contributed by atoms with Crippen LogP contribution in [0.4, 0.5) is 5.13 Å². The van der Waals surface area contributed by atoms with E-state index < -0.39 is 0 Å². The second-order valence-corrected chi connectivity index (χ2v) is 8.81. The van der Waals surface area contributed by atoms with Gasteiger partial charge in [0.2, 0.25) is 5.91 Å². The molecule has 1 N–H and O–H groups in total. The first-order valence-corrected chi connectivity index (χ1v) is 11.7. The van der Waals surface area contributed by atoms with Crippen molar-refractivity contribution in [3.63, 3.8) is 0 Å². The van der Waals surface area contributed by atoms with E-state index in [-0.39, 0.29) is 17.7 Å². The van der Waals surface area contributed by atoms with Crippen LogP contribution in [0.2, 0.25) is 0 Å². The van der Waals surface area contributed by atoms with Gasteiger partial charge in [0.25, 0.3) is 5.91 Å². The molecule has 8 heteroatoms. The van der Waals surface area contributed by atoms with E-state index in [2.05, 4.69) is 10.3 Å². The van der Waals surface area contributed by atoms with Crippen LogP contribution in [-0.4, -0.2) is 41.4 Å². The molecule has 1 fully saturated rings. The maximum Gasteiger partial charge on any atom is 0.263 e. The number of piperidine rings is 1. The van der Waals surface area contributed by atoms with E-state index in [4.69, 9.17) is 4.74 Å². The van der Waals surface area contributed by atoms with Crippen LogP contribution in [0.1, 0.15) is 29.4 Å². The number of carbonyl (C=O) groups excluding carboxylic acids is 2. The summed E-state index contributed by atoms with van der Waals surface area (Å²) in [6, 6.07) is 11.5. The molecule has 0 spiro atoms. The molecule has 30 heavy (non-hydrogen) atoms. The summed E-state index contributed by atoms with van der Waals surface area (Å²) in [4.78, 5) is 32.3. The third-order valence-electron chi connectivity index (χ3n) is 5.08. The van der Waals surface area contributed by atoms with Crippen molar-refractivity contribution in [3.05, 3.63) is 52.0 Å². The Bertz CT molecular complexity index is 1010. The Balaban J connectivity index is 1.35. The summed E-state index contributed by atoms with van der Waals surface area (Å²) in [6.45, 7) is 3.72. The number of hydrogen-bond acceptors (Lipinski definition) is 6. The molecule has 0 saturated carbocycles. The molecule has 2 amide bonds. The van der Waals surface area contributed by atoms with Gasteiger partial charge in [-0.15, -0.1) is 22.7 Å². The van der Waals surface area contributed by atoms with Crippen molar-refractivity contribution in [2.75, 3.05) is 25.0 Å². The molecule has 4 rings (SSSR count). The molecule has 0 unspecified atom stereocenters. The SMILES string of the molecule is CCOc1ccccc1-c1csc(NC(=O)C2CCN(C(=O)c3cccs3)CC2)n1.